The van der Waals surface area contributed by atoms with E-state index in [0.717, 1.165) is 31.8 Å². The zero-order valence-electron chi connectivity index (χ0n) is 11.2. The fourth-order valence-corrected chi connectivity index (χ4v) is 1.86. The highest BCUT2D eigenvalue weighted by Gasteiger charge is 1.97. The quantitative estimate of drug-likeness (QED) is 0.736. The average molecular weight is 260 g/mol. The molecule has 5 heteroatoms. The molecule has 2 rings (SSSR count). The van der Waals surface area contributed by atoms with Crippen molar-refractivity contribution in [1.82, 2.24) is 20.3 Å². The number of aromatic nitrogens is 3. The van der Waals surface area contributed by atoms with E-state index in [9.17, 15) is 0 Å². The first-order valence-electron chi connectivity index (χ1n) is 6.65. The number of nitrogens with zero attached hydrogens (tertiary/aromatic N) is 3. The van der Waals surface area contributed by atoms with Gasteiger partial charge in [0.1, 0.15) is 5.75 Å². The molecule has 1 N–H and O–H groups in total. The van der Waals surface area contributed by atoms with E-state index in [0.29, 0.717) is 6.61 Å². The second kappa shape index (κ2) is 7.53. The summed E-state index contributed by atoms with van der Waals surface area (Å²) in [6.07, 6.45) is 4.62. The van der Waals surface area contributed by atoms with Crippen LogP contribution in [0.3, 0.4) is 0 Å². The first-order valence-corrected chi connectivity index (χ1v) is 6.65. The fourth-order valence-electron chi connectivity index (χ4n) is 1.86. The Morgan fingerprint density at radius 3 is 3.11 bits per heavy atom. The summed E-state index contributed by atoms with van der Waals surface area (Å²) in [6.45, 7) is 5.41. The lowest BCUT2D eigenvalue weighted by Gasteiger charge is -2.07. The molecule has 19 heavy (non-hydrogen) atoms. The smallest absolute Gasteiger partial charge is 0.119 e. The van der Waals surface area contributed by atoms with E-state index in [-0.39, 0.29) is 0 Å². The van der Waals surface area contributed by atoms with Crippen LogP contribution in [0.25, 0.3) is 0 Å². The van der Waals surface area contributed by atoms with Gasteiger partial charge in [0.05, 0.1) is 12.8 Å². The van der Waals surface area contributed by atoms with Crippen molar-refractivity contribution in [2.75, 3.05) is 13.2 Å². The molecule has 1 heterocycles. The van der Waals surface area contributed by atoms with Crippen molar-refractivity contribution in [3.8, 4) is 5.75 Å². The predicted octanol–water partition coefficient (Wildman–Crippen LogP) is 1.86. The summed E-state index contributed by atoms with van der Waals surface area (Å²) in [4.78, 5) is 0. The number of aryl methyl sites for hydroxylation is 1. The fraction of sp³-hybridized carbons (Fsp3) is 0.429. The molecule has 1 aromatic carbocycles. The third-order valence-corrected chi connectivity index (χ3v) is 2.75. The lowest BCUT2D eigenvalue weighted by atomic mass is 10.2. The Bertz CT molecular complexity index is 470. The van der Waals surface area contributed by atoms with Gasteiger partial charge in [0.15, 0.2) is 0 Å². The second-order valence-corrected chi connectivity index (χ2v) is 4.28. The Morgan fingerprint density at radius 1 is 1.37 bits per heavy atom. The van der Waals surface area contributed by atoms with Crippen molar-refractivity contribution in [3.63, 3.8) is 0 Å². The number of hydrogen-bond donors (Lipinski definition) is 1. The maximum Gasteiger partial charge on any atom is 0.119 e. The molecule has 0 saturated heterocycles. The molecule has 0 aliphatic rings. The van der Waals surface area contributed by atoms with Crippen molar-refractivity contribution in [2.45, 2.75) is 26.4 Å². The summed E-state index contributed by atoms with van der Waals surface area (Å²) in [6, 6.07) is 8.19. The lowest BCUT2D eigenvalue weighted by Crippen LogP contribution is -2.16. The SMILES string of the molecule is CCOc1cccc(CNCCCn2ccnn2)c1. The van der Waals surface area contributed by atoms with Gasteiger partial charge in [-0.2, -0.15) is 0 Å². The van der Waals surface area contributed by atoms with E-state index in [2.05, 4.69) is 27.8 Å². The van der Waals surface area contributed by atoms with Crippen LogP contribution in [-0.2, 0) is 13.1 Å². The minimum Gasteiger partial charge on any atom is -0.494 e. The van der Waals surface area contributed by atoms with Gasteiger partial charge in [0.25, 0.3) is 0 Å². The van der Waals surface area contributed by atoms with Gasteiger partial charge in [-0.15, -0.1) is 5.10 Å². The van der Waals surface area contributed by atoms with Crippen molar-refractivity contribution in [1.29, 1.82) is 0 Å². The molecule has 102 valence electrons. The van der Waals surface area contributed by atoms with Crippen LogP contribution >= 0.6 is 0 Å². The molecule has 0 saturated carbocycles. The zero-order chi connectivity index (χ0) is 13.3. The molecule has 0 radical (unpaired) electrons. The van der Waals surface area contributed by atoms with Gasteiger partial charge >= 0.3 is 0 Å². The molecule has 2 aromatic rings. The zero-order valence-corrected chi connectivity index (χ0v) is 11.2. The highest BCUT2D eigenvalue weighted by Crippen LogP contribution is 2.12. The minimum atomic E-state index is 0.703. The summed E-state index contributed by atoms with van der Waals surface area (Å²) in [5.74, 6) is 0.935. The Labute approximate surface area is 113 Å². The molecule has 0 atom stereocenters. The van der Waals surface area contributed by atoms with E-state index < -0.39 is 0 Å². The highest BCUT2D eigenvalue weighted by molar-refractivity contribution is 5.28. The van der Waals surface area contributed by atoms with Crippen LogP contribution in [0, 0.1) is 0 Å². The van der Waals surface area contributed by atoms with Crippen LogP contribution in [0.1, 0.15) is 18.9 Å². The largest absolute Gasteiger partial charge is 0.494 e. The summed E-state index contributed by atoms with van der Waals surface area (Å²) >= 11 is 0. The number of ether oxygens (including phenoxy) is 1. The van der Waals surface area contributed by atoms with Gasteiger partial charge in [-0.25, -0.2) is 0 Å². The monoisotopic (exact) mass is 260 g/mol. The van der Waals surface area contributed by atoms with Crippen LogP contribution < -0.4 is 10.1 Å². The second-order valence-electron chi connectivity index (χ2n) is 4.28. The van der Waals surface area contributed by atoms with Crippen molar-refractivity contribution >= 4 is 0 Å². The highest BCUT2D eigenvalue weighted by atomic mass is 16.5. The summed E-state index contributed by atoms with van der Waals surface area (Å²) in [5, 5.41) is 11.1. The molecule has 0 spiro atoms. The number of nitrogens with one attached hydrogen (secondary N) is 1. The predicted molar refractivity (Wildman–Crippen MR) is 74.0 cm³/mol. The number of rotatable bonds is 8. The van der Waals surface area contributed by atoms with Gasteiger partial charge in [-0.05, 0) is 37.6 Å². The summed E-state index contributed by atoms with van der Waals surface area (Å²) in [5.41, 5.74) is 1.24. The van der Waals surface area contributed by atoms with Crippen molar-refractivity contribution in [3.05, 3.63) is 42.2 Å². The van der Waals surface area contributed by atoms with Gasteiger partial charge in [-0.1, -0.05) is 17.3 Å². The third kappa shape index (κ3) is 4.71. The van der Waals surface area contributed by atoms with Crippen LogP contribution in [-0.4, -0.2) is 28.1 Å². The minimum absolute atomic E-state index is 0.703. The molecule has 0 amide bonds. The Kier molecular flexibility index (Phi) is 5.37. The Balaban J connectivity index is 1.66. The molecular weight excluding hydrogens is 240 g/mol. The Morgan fingerprint density at radius 2 is 2.32 bits per heavy atom. The maximum atomic E-state index is 5.48. The molecule has 0 aliphatic carbocycles. The molecule has 5 nitrogen and oxygen atoms in total. The number of benzene rings is 1. The van der Waals surface area contributed by atoms with Gasteiger partial charge in [-0.3, -0.25) is 4.68 Å². The normalized spacial score (nSPS) is 10.6. The first-order chi connectivity index (χ1) is 9.38. The molecule has 0 fully saturated rings. The summed E-state index contributed by atoms with van der Waals surface area (Å²) < 4.78 is 7.32. The Hall–Kier alpha value is -1.88. The standard InChI is InChI=1S/C14H20N4O/c1-2-19-14-6-3-5-13(11-14)12-15-7-4-9-18-10-8-16-17-18/h3,5-6,8,10-11,15H,2,4,7,9,12H2,1H3. The van der Waals surface area contributed by atoms with E-state index in [1.165, 1.54) is 5.56 Å². The van der Waals surface area contributed by atoms with E-state index in [1.54, 1.807) is 6.20 Å². The average Bonchev–Trinajstić information content (AvgIpc) is 2.92. The maximum absolute atomic E-state index is 5.48. The van der Waals surface area contributed by atoms with Gasteiger partial charge in [0.2, 0.25) is 0 Å². The number of hydrogen-bond acceptors (Lipinski definition) is 4. The van der Waals surface area contributed by atoms with E-state index in [1.807, 2.05) is 29.9 Å². The lowest BCUT2D eigenvalue weighted by molar-refractivity contribution is 0.340. The van der Waals surface area contributed by atoms with Crippen molar-refractivity contribution < 1.29 is 4.74 Å². The third-order valence-electron chi connectivity index (χ3n) is 2.75. The summed E-state index contributed by atoms with van der Waals surface area (Å²) in [7, 11) is 0. The van der Waals surface area contributed by atoms with E-state index in [4.69, 9.17) is 4.74 Å². The first kappa shape index (κ1) is 13.5. The van der Waals surface area contributed by atoms with Crippen LogP contribution in [0.2, 0.25) is 0 Å². The molecule has 1 aromatic heterocycles. The van der Waals surface area contributed by atoms with Crippen LogP contribution in [0.15, 0.2) is 36.7 Å². The molecular formula is C14H20N4O. The van der Waals surface area contributed by atoms with Gasteiger partial charge < -0.3 is 10.1 Å². The topological polar surface area (TPSA) is 52.0 Å². The molecule has 0 bridgehead atoms. The van der Waals surface area contributed by atoms with Gasteiger partial charge in [0, 0.05) is 19.3 Å². The van der Waals surface area contributed by atoms with Crippen LogP contribution in [0.5, 0.6) is 5.75 Å². The molecule has 0 unspecified atom stereocenters. The molecule has 0 aliphatic heterocycles. The van der Waals surface area contributed by atoms with Crippen LogP contribution in [0.4, 0.5) is 0 Å². The van der Waals surface area contributed by atoms with Crippen molar-refractivity contribution in [2.24, 2.45) is 0 Å². The van der Waals surface area contributed by atoms with E-state index >= 15 is 0 Å².